The minimum Gasteiger partial charge on any atom is -0.542 e. The second-order valence-corrected chi connectivity index (χ2v) is 12.5. The standard InChI is InChI=1S/C17H28ClNO5Si/c1-7-23-16(22)13(19)14(21)10-8-9-11(20)12(18)15(10)24-25(5,6)17(2,3)4/h8-9,13-14,20-21H,7,19H2,1-6H3/t13-,14-/m0/s1. The lowest BCUT2D eigenvalue weighted by molar-refractivity contribution is -0.147. The third-order valence-corrected chi connectivity index (χ3v) is 9.18. The Labute approximate surface area is 155 Å². The Hall–Kier alpha value is -1.28. The molecule has 4 N–H and O–H groups in total. The van der Waals surface area contributed by atoms with E-state index < -0.39 is 26.4 Å². The van der Waals surface area contributed by atoms with E-state index in [4.69, 9.17) is 26.5 Å². The summed E-state index contributed by atoms with van der Waals surface area (Å²) in [5.41, 5.74) is 6.05. The molecule has 0 fully saturated rings. The van der Waals surface area contributed by atoms with E-state index in [2.05, 4.69) is 20.8 Å². The van der Waals surface area contributed by atoms with Crippen molar-refractivity contribution < 1.29 is 24.2 Å². The van der Waals surface area contributed by atoms with Crippen LogP contribution in [0.2, 0.25) is 23.2 Å². The Kier molecular flexibility index (Phi) is 6.92. The van der Waals surface area contributed by atoms with Gasteiger partial charge >= 0.3 is 5.97 Å². The molecule has 142 valence electrons. The number of carbonyl (C=O) groups is 1. The minimum atomic E-state index is -2.32. The third-order valence-electron chi connectivity index (χ3n) is 4.49. The number of nitrogens with two attached hydrogens (primary N) is 1. The predicted octanol–water partition coefficient (Wildman–Crippen LogP) is 3.35. The van der Waals surface area contributed by atoms with Gasteiger partial charge in [-0.05, 0) is 37.2 Å². The first kappa shape index (κ1) is 21.8. The van der Waals surface area contributed by atoms with Crippen molar-refractivity contribution in [2.45, 2.75) is 58.0 Å². The van der Waals surface area contributed by atoms with Gasteiger partial charge in [0.05, 0.1) is 6.61 Å². The molecule has 0 saturated carbocycles. The zero-order valence-corrected chi connectivity index (χ0v) is 17.3. The molecule has 25 heavy (non-hydrogen) atoms. The summed E-state index contributed by atoms with van der Waals surface area (Å²) in [7, 11) is -2.32. The van der Waals surface area contributed by atoms with Crippen molar-refractivity contribution >= 4 is 25.9 Å². The van der Waals surface area contributed by atoms with Crippen molar-refractivity contribution in [3.05, 3.63) is 22.7 Å². The summed E-state index contributed by atoms with van der Waals surface area (Å²) in [6, 6.07) is 1.49. The number of phenolic OH excluding ortho intramolecular Hbond substituents is 1. The van der Waals surface area contributed by atoms with Gasteiger partial charge in [0, 0.05) is 5.56 Å². The number of aromatic hydroxyl groups is 1. The molecule has 0 bridgehead atoms. The number of aliphatic hydroxyl groups excluding tert-OH is 1. The summed E-state index contributed by atoms with van der Waals surface area (Å²) in [6.07, 6.45) is -1.38. The molecule has 1 aromatic rings. The molecule has 0 spiro atoms. The first-order chi connectivity index (χ1) is 11.3. The molecule has 1 aromatic carbocycles. The molecule has 0 aliphatic heterocycles. The van der Waals surface area contributed by atoms with Crippen LogP contribution in [0.15, 0.2) is 12.1 Å². The molecule has 1 rings (SSSR count). The highest BCUT2D eigenvalue weighted by atomic mass is 35.5. The topological polar surface area (TPSA) is 102 Å². The van der Waals surface area contributed by atoms with Gasteiger partial charge in [-0.25, -0.2) is 0 Å². The van der Waals surface area contributed by atoms with Crippen LogP contribution in [0.1, 0.15) is 39.4 Å². The van der Waals surface area contributed by atoms with E-state index in [0.717, 1.165) is 0 Å². The summed E-state index contributed by atoms with van der Waals surface area (Å²) in [4.78, 5) is 11.8. The second-order valence-electron chi connectivity index (χ2n) is 7.40. The van der Waals surface area contributed by atoms with E-state index in [1.54, 1.807) is 6.92 Å². The number of phenols is 1. The molecule has 0 amide bonds. The maximum absolute atomic E-state index is 11.8. The Balaban J connectivity index is 3.34. The van der Waals surface area contributed by atoms with Crippen molar-refractivity contribution in [3.63, 3.8) is 0 Å². The number of halogens is 1. The van der Waals surface area contributed by atoms with Crippen LogP contribution in [0.4, 0.5) is 0 Å². The molecule has 0 heterocycles. The van der Waals surface area contributed by atoms with Gasteiger partial charge in [-0.3, -0.25) is 4.79 Å². The highest BCUT2D eigenvalue weighted by Crippen LogP contribution is 2.45. The van der Waals surface area contributed by atoms with Crippen molar-refractivity contribution in [2.24, 2.45) is 5.73 Å². The number of carbonyl (C=O) groups excluding carboxylic acids is 1. The largest absolute Gasteiger partial charge is 0.542 e. The van der Waals surface area contributed by atoms with Crippen LogP contribution in [-0.4, -0.2) is 37.1 Å². The van der Waals surface area contributed by atoms with Crippen LogP contribution in [0.25, 0.3) is 0 Å². The first-order valence-electron chi connectivity index (χ1n) is 8.14. The Morgan fingerprint density at radius 2 is 1.92 bits per heavy atom. The van der Waals surface area contributed by atoms with Gasteiger partial charge in [-0.1, -0.05) is 32.4 Å². The summed E-state index contributed by atoms with van der Waals surface area (Å²) >= 11 is 6.22. The number of hydrogen-bond acceptors (Lipinski definition) is 6. The molecule has 0 unspecified atom stereocenters. The van der Waals surface area contributed by atoms with Gasteiger partial charge in [0.15, 0.2) is 0 Å². The van der Waals surface area contributed by atoms with E-state index in [9.17, 15) is 15.0 Å². The number of ether oxygens (including phenoxy) is 1. The summed E-state index contributed by atoms with van der Waals surface area (Å²) in [6.45, 7) is 12.0. The maximum atomic E-state index is 11.8. The highest BCUT2D eigenvalue weighted by molar-refractivity contribution is 6.74. The van der Waals surface area contributed by atoms with Gasteiger partial charge in [0.25, 0.3) is 8.32 Å². The zero-order valence-electron chi connectivity index (χ0n) is 15.6. The predicted molar refractivity (Wildman–Crippen MR) is 101 cm³/mol. The molecule has 0 aromatic heterocycles. The summed E-state index contributed by atoms with van der Waals surface area (Å²) in [5, 5.41) is 20.3. The monoisotopic (exact) mass is 389 g/mol. The van der Waals surface area contributed by atoms with Crippen molar-refractivity contribution in [1.29, 1.82) is 0 Å². The van der Waals surface area contributed by atoms with Crippen LogP contribution in [0, 0.1) is 0 Å². The minimum absolute atomic E-state index is 0.0163. The van der Waals surface area contributed by atoms with Crippen LogP contribution >= 0.6 is 11.6 Å². The average molecular weight is 390 g/mol. The smallest absolute Gasteiger partial charge is 0.325 e. The van der Waals surface area contributed by atoms with E-state index in [1.165, 1.54) is 12.1 Å². The lowest BCUT2D eigenvalue weighted by Crippen LogP contribution is -2.44. The fourth-order valence-electron chi connectivity index (χ4n) is 1.87. The fourth-order valence-corrected chi connectivity index (χ4v) is 3.18. The number of benzene rings is 1. The maximum Gasteiger partial charge on any atom is 0.325 e. The number of esters is 1. The molecule has 2 atom stereocenters. The normalized spacial score (nSPS) is 14.8. The Morgan fingerprint density at radius 1 is 1.36 bits per heavy atom. The molecular weight excluding hydrogens is 362 g/mol. The van der Waals surface area contributed by atoms with E-state index in [0.29, 0.717) is 0 Å². The van der Waals surface area contributed by atoms with Crippen molar-refractivity contribution in [1.82, 2.24) is 0 Å². The average Bonchev–Trinajstić information content (AvgIpc) is 2.49. The van der Waals surface area contributed by atoms with Gasteiger partial charge < -0.3 is 25.1 Å². The first-order valence-corrected chi connectivity index (χ1v) is 11.4. The molecule has 0 aliphatic rings. The van der Waals surface area contributed by atoms with Crippen molar-refractivity contribution in [2.75, 3.05) is 6.61 Å². The van der Waals surface area contributed by atoms with E-state index >= 15 is 0 Å². The van der Waals surface area contributed by atoms with Gasteiger partial charge in [0.2, 0.25) is 0 Å². The van der Waals surface area contributed by atoms with Gasteiger partial charge in [-0.15, -0.1) is 0 Å². The van der Waals surface area contributed by atoms with E-state index in [-0.39, 0.29) is 33.7 Å². The fraction of sp³-hybridized carbons (Fsp3) is 0.588. The number of hydrogen-bond donors (Lipinski definition) is 3. The lowest BCUT2D eigenvalue weighted by Gasteiger charge is -2.37. The molecule has 0 saturated heterocycles. The van der Waals surface area contributed by atoms with Crippen LogP contribution in [-0.2, 0) is 9.53 Å². The van der Waals surface area contributed by atoms with Gasteiger partial charge in [-0.2, -0.15) is 0 Å². The third kappa shape index (κ3) is 4.88. The molecule has 0 radical (unpaired) electrons. The van der Waals surface area contributed by atoms with E-state index in [1.807, 2.05) is 13.1 Å². The number of rotatable bonds is 6. The summed E-state index contributed by atoms with van der Waals surface area (Å²) < 4.78 is 11.1. The summed E-state index contributed by atoms with van der Waals surface area (Å²) in [5.74, 6) is -0.742. The zero-order chi connectivity index (χ0) is 19.6. The van der Waals surface area contributed by atoms with Gasteiger partial charge in [0.1, 0.15) is 28.7 Å². The SMILES string of the molecule is CCOC(=O)[C@@H](N)[C@@H](O)c1ccc(O)c(Cl)c1O[Si](C)(C)C(C)(C)C. The highest BCUT2D eigenvalue weighted by Gasteiger charge is 2.41. The quantitative estimate of drug-likeness (QED) is 0.509. The Bertz CT molecular complexity index is 630. The lowest BCUT2D eigenvalue weighted by atomic mass is 10.0. The molecule has 8 heteroatoms. The molecule has 6 nitrogen and oxygen atoms in total. The van der Waals surface area contributed by atoms with Crippen molar-refractivity contribution in [3.8, 4) is 11.5 Å². The molecular formula is C17H28ClNO5Si. The van der Waals surface area contributed by atoms with Crippen LogP contribution in [0.3, 0.4) is 0 Å². The molecule has 0 aliphatic carbocycles. The second kappa shape index (κ2) is 7.95. The Morgan fingerprint density at radius 3 is 2.40 bits per heavy atom. The van der Waals surface area contributed by atoms with Crippen LogP contribution < -0.4 is 10.2 Å². The van der Waals surface area contributed by atoms with Crippen LogP contribution in [0.5, 0.6) is 11.5 Å². The number of aliphatic hydroxyl groups is 1.